The smallest absolute Gasteiger partial charge is 0.358 e. The van der Waals surface area contributed by atoms with Gasteiger partial charge in [-0.2, -0.15) is 5.10 Å². The first kappa shape index (κ1) is 18.2. The molecule has 0 saturated carbocycles. The predicted octanol–water partition coefficient (Wildman–Crippen LogP) is 3.08. The molecule has 1 saturated heterocycles. The Morgan fingerprint density at radius 2 is 2.08 bits per heavy atom. The van der Waals surface area contributed by atoms with Gasteiger partial charge in [-0.15, -0.1) is 0 Å². The number of nitrogens with zero attached hydrogens (tertiary/aromatic N) is 3. The van der Waals surface area contributed by atoms with Crippen molar-refractivity contribution in [2.75, 3.05) is 19.7 Å². The molecular formula is C19H25N3O4. The fourth-order valence-corrected chi connectivity index (χ4v) is 3.37. The first-order valence-electron chi connectivity index (χ1n) is 9.22. The summed E-state index contributed by atoms with van der Waals surface area (Å²) in [6, 6.07) is 5.42. The minimum atomic E-state index is -0.381. The number of aryl methyl sites for hydroxylation is 1. The lowest BCUT2D eigenvalue weighted by atomic mass is 10.0. The van der Waals surface area contributed by atoms with Crippen LogP contribution in [0.1, 0.15) is 65.9 Å². The van der Waals surface area contributed by atoms with Crippen molar-refractivity contribution in [3.8, 4) is 0 Å². The highest BCUT2D eigenvalue weighted by Crippen LogP contribution is 2.26. The van der Waals surface area contributed by atoms with Crippen molar-refractivity contribution in [3.63, 3.8) is 0 Å². The van der Waals surface area contributed by atoms with Gasteiger partial charge in [-0.25, -0.2) is 4.79 Å². The van der Waals surface area contributed by atoms with Crippen molar-refractivity contribution in [2.24, 2.45) is 0 Å². The largest absolute Gasteiger partial charge is 0.461 e. The van der Waals surface area contributed by atoms with E-state index in [2.05, 4.69) is 12.0 Å². The van der Waals surface area contributed by atoms with E-state index in [4.69, 9.17) is 9.15 Å². The van der Waals surface area contributed by atoms with E-state index in [0.29, 0.717) is 31.2 Å². The van der Waals surface area contributed by atoms with E-state index in [1.807, 2.05) is 15.6 Å². The quantitative estimate of drug-likeness (QED) is 0.741. The molecule has 26 heavy (non-hydrogen) atoms. The molecule has 1 fully saturated rings. The summed E-state index contributed by atoms with van der Waals surface area (Å²) < 4.78 is 12.2. The van der Waals surface area contributed by atoms with Crippen LogP contribution in [0.5, 0.6) is 0 Å². The zero-order chi connectivity index (χ0) is 18.5. The lowest BCUT2D eigenvalue weighted by molar-refractivity contribution is 0.0517. The van der Waals surface area contributed by atoms with Crippen LogP contribution < -0.4 is 0 Å². The molecule has 1 aliphatic heterocycles. The van der Waals surface area contributed by atoms with Gasteiger partial charge in [0.1, 0.15) is 0 Å². The Labute approximate surface area is 152 Å². The summed E-state index contributed by atoms with van der Waals surface area (Å²) in [5.41, 5.74) is 1.41. The van der Waals surface area contributed by atoms with Gasteiger partial charge in [0.05, 0.1) is 18.9 Å². The van der Waals surface area contributed by atoms with Crippen molar-refractivity contribution in [2.45, 2.75) is 45.6 Å². The monoisotopic (exact) mass is 359 g/mol. The van der Waals surface area contributed by atoms with E-state index >= 15 is 0 Å². The number of aromatic nitrogens is 2. The average molecular weight is 359 g/mol. The molecular weight excluding hydrogens is 334 g/mol. The van der Waals surface area contributed by atoms with Crippen LogP contribution in [-0.4, -0.2) is 46.3 Å². The topological polar surface area (TPSA) is 77.6 Å². The van der Waals surface area contributed by atoms with Crippen LogP contribution in [-0.2, 0) is 11.2 Å². The number of esters is 1. The molecule has 0 N–H and O–H groups in total. The number of ether oxygens (including phenoxy) is 1. The molecule has 2 aromatic rings. The highest BCUT2D eigenvalue weighted by atomic mass is 16.5. The van der Waals surface area contributed by atoms with Gasteiger partial charge in [0.25, 0.3) is 5.91 Å². The molecule has 0 aromatic carbocycles. The van der Waals surface area contributed by atoms with Crippen molar-refractivity contribution < 1.29 is 18.7 Å². The molecule has 0 spiro atoms. The molecule has 3 heterocycles. The third kappa shape index (κ3) is 3.81. The normalized spacial score (nSPS) is 15.2. The van der Waals surface area contributed by atoms with E-state index in [-0.39, 0.29) is 17.9 Å². The van der Waals surface area contributed by atoms with Crippen molar-refractivity contribution in [1.82, 2.24) is 14.7 Å². The molecule has 1 aliphatic rings. The number of piperidine rings is 1. The Bertz CT molecular complexity index is 743. The highest BCUT2D eigenvalue weighted by molar-refractivity contribution is 5.91. The number of carbonyl (C=O) groups excluding carboxylic acids is 2. The second-order valence-electron chi connectivity index (χ2n) is 6.44. The molecule has 7 heteroatoms. The summed E-state index contributed by atoms with van der Waals surface area (Å²) in [5, 5.41) is 4.51. The minimum Gasteiger partial charge on any atom is -0.461 e. The van der Waals surface area contributed by atoms with Crippen LogP contribution in [0.4, 0.5) is 0 Å². The molecule has 7 nitrogen and oxygen atoms in total. The summed E-state index contributed by atoms with van der Waals surface area (Å²) in [6.07, 6.45) is 4.94. The number of rotatable bonds is 6. The van der Waals surface area contributed by atoms with E-state index in [9.17, 15) is 9.59 Å². The molecule has 0 unspecified atom stereocenters. The molecule has 3 rings (SSSR count). The second-order valence-corrected chi connectivity index (χ2v) is 6.44. The Morgan fingerprint density at radius 3 is 2.69 bits per heavy atom. The maximum Gasteiger partial charge on any atom is 0.358 e. The lowest BCUT2D eigenvalue weighted by Crippen LogP contribution is -2.39. The Morgan fingerprint density at radius 1 is 1.31 bits per heavy atom. The number of amides is 1. The summed E-state index contributed by atoms with van der Waals surface area (Å²) in [5.74, 6) is -0.0808. The van der Waals surface area contributed by atoms with Crippen LogP contribution in [0.15, 0.2) is 28.9 Å². The predicted molar refractivity (Wildman–Crippen MR) is 95.1 cm³/mol. The van der Waals surface area contributed by atoms with Gasteiger partial charge >= 0.3 is 5.97 Å². The molecule has 2 aromatic heterocycles. The zero-order valence-electron chi connectivity index (χ0n) is 15.3. The van der Waals surface area contributed by atoms with Gasteiger partial charge in [0, 0.05) is 18.8 Å². The van der Waals surface area contributed by atoms with Crippen molar-refractivity contribution in [1.29, 1.82) is 0 Å². The third-order valence-corrected chi connectivity index (χ3v) is 4.63. The van der Waals surface area contributed by atoms with E-state index < -0.39 is 0 Å². The van der Waals surface area contributed by atoms with Crippen LogP contribution >= 0.6 is 0 Å². The molecule has 1 amide bonds. The summed E-state index contributed by atoms with van der Waals surface area (Å²) >= 11 is 0. The SMILES string of the molecule is CCCc1cc(C(=O)OCC)nn1C1CCN(C(=O)c2ccco2)CC1. The molecule has 0 atom stereocenters. The van der Waals surface area contributed by atoms with Gasteiger partial charge in [-0.05, 0) is 44.4 Å². The van der Waals surface area contributed by atoms with Gasteiger partial charge in [0.2, 0.25) is 0 Å². The third-order valence-electron chi connectivity index (χ3n) is 4.63. The molecule has 0 aliphatic carbocycles. The molecule has 140 valence electrons. The van der Waals surface area contributed by atoms with Crippen LogP contribution in [0, 0.1) is 0 Å². The fourth-order valence-electron chi connectivity index (χ4n) is 3.37. The van der Waals surface area contributed by atoms with Gasteiger partial charge in [-0.1, -0.05) is 13.3 Å². The lowest BCUT2D eigenvalue weighted by Gasteiger charge is -2.32. The summed E-state index contributed by atoms with van der Waals surface area (Å²) in [4.78, 5) is 26.2. The zero-order valence-corrected chi connectivity index (χ0v) is 15.3. The van der Waals surface area contributed by atoms with Gasteiger partial charge in [-0.3, -0.25) is 9.48 Å². The van der Waals surface area contributed by atoms with E-state index in [1.54, 1.807) is 19.1 Å². The Kier molecular flexibility index (Phi) is 5.75. The maximum absolute atomic E-state index is 12.4. The Balaban J connectivity index is 1.70. The average Bonchev–Trinajstić information content (AvgIpc) is 3.32. The number of hydrogen-bond donors (Lipinski definition) is 0. The number of carbonyl (C=O) groups is 2. The van der Waals surface area contributed by atoms with Gasteiger partial charge in [0.15, 0.2) is 11.5 Å². The van der Waals surface area contributed by atoms with Crippen molar-refractivity contribution >= 4 is 11.9 Å². The number of furan rings is 1. The molecule has 0 radical (unpaired) electrons. The fraction of sp³-hybridized carbons (Fsp3) is 0.526. The summed E-state index contributed by atoms with van der Waals surface area (Å²) in [6.45, 7) is 5.51. The second kappa shape index (κ2) is 8.21. The first-order valence-corrected chi connectivity index (χ1v) is 9.22. The first-order chi connectivity index (χ1) is 12.6. The van der Waals surface area contributed by atoms with E-state index in [0.717, 1.165) is 31.4 Å². The molecule has 0 bridgehead atoms. The summed E-state index contributed by atoms with van der Waals surface area (Å²) in [7, 11) is 0. The van der Waals surface area contributed by atoms with Crippen LogP contribution in [0.2, 0.25) is 0 Å². The van der Waals surface area contributed by atoms with E-state index in [1.165, 1.54) is 6.26 Å². The van der Waals surface area contributed by atoms with Gasteiger partial charge < -0.3 is 14.1 Å². The standard InChI is InChI=1S/C19H25N3O4/c1-3-6-15-13-16(19(24)25-4-2)20-22(15)14-8-10-21(11-9-14)18(23)17-7-5-12-26-17/h5,7,12-14H,3-4,6,8-11H2,1-2H3. The van der Waals surface area contributed by atoms with Crippen LogP contribution in [0.3, 0.4) is 0 Å². The van der Waals surface area contributed by atoms with Crippen molar-refractivity contribution in [3.05, 3.63) is 41.6 Å². The number of hydrogen-bond acceptors (Lipinski definition) is 5. The maximum atomic E-state index is 12.4. The Hall–Kier alpha value is -2.57. The number of likely N-dealkylation sites (tertiary alicyclic amines) is 1. The minimum absolute atomic E-state index is 0.0742. The highest BCUT2D eigenvalue weighted by Gasteiger charge is 2.28. The van der Waals surface area contributed by atoms with Crippen LogP contribution in [0.25, 0.3) is 0 Å².